The Bertz CT molecular complexity index is 305. The normalized spacial score (nSPS) is 15.0. The Labute approximate surface area is 187 Å². The molecule has 0 spiro atoms. The Morgan fingerprint density at radius 2 is 0.931 bits per heavy atom. The van der Waals surface area contributed by atoms with Gasteiger partial charge in [-0.25, -0.2) is 0 Å². The first-order valence-corrected chi connectivity index (χ1v) is 14.0. The second-order valence-electron chi connectivity index (χ2n) is 10.9. The van der Waals surface area contributed by atoms with Crippen molar-refractivity contribution in [1.29, 1.82) is 0 Å². The summed E-state index contributed by atoms with van der Waals surface area (Å²) < 4.78 is 0. The van der Waals surface area contributed by atoms with Gasteiger partial charge in [-0.05, 0) is 30.1 Å². The van der Waals surface area contributed by atoms with E-state index in [4.69, 9.17) is 0 Å². The molecule has 0 aliphatic carbocycles. The van der Waals surface area contributed by atoms with Crippen molar-refractivity contribution in [1.82, 2.24) is 0 Å². The van der Waals surface area contributed by atoms with Crippen LogP contribution < -0.4 is 0 Å². The van der Waals surface area contributed by atoms with E-state index >= 15 is 0 Å². The zero-order valence-corrected chi connectivity index (χ0v) is 21.7. The van der Waals surface area contributed by atoms with Crippen molar-refractivity contribution in [2.45, 2.75) is 164 Å². The third-order valence-corrected chi connectivity index (χ3v) is 7.15. The van der Waals surface area contributed by atoms with Crippen molar-refractivity contribution in [3.63, 3.8) is 0 Å². The van der Waals surface area contributed by atoms with E-state index in [0.717, 1.165) is 23.7 Å². The number of hydrogen-bond acceptors (Lipinski definition) is 0. The van der Waals surface area contributed by atoms with Gasteiger partial charge in [0.15, 0.2) is 0 Å². The minimum absolute atomic E-state index is 0.878. The highest BCUT2D eigenvalue weighted by Crippen LogP contribution is 2.27. The fraction of sp³-hybridized carbons (Fsp3) is 1.00. The maximum absolute atomic E-state index is 2.52. The fourth-order valence-electron chi connectivity index (χ4n) is 4.93. The molecule has 0 heterocycles. The van der Waals surface area contributed by atoms with Crippen LogP contribution in [0.5, 0.6) is 0 Å². The molecule has 0 saturated heterocycles. The highest BCUT2D eigenvalue weighted by Gasteiger charge is 2.12. The summed E-state index contributed by atoms with van der Waals surface area (Å²) in [6, 6.07) is 0. The van der Waals surface area contributed by atoms with Crippen molar-refractivity contribution >= 4 is 0 Å². The topological polar surface area (TPSA) is 0 Å². The standard InChI is InChI=1S/C29H60/c1-7-9-10-11-12-13-14-15-16-17-21-28(6)25-29(8-2)24-19-23-27(5)22-18-20-26(3)4/h26-29H,7-25H2,1-6H3. The molecule has 0 radical (unpaired) electrons. The van der Waals surface area contributed by atoms with Crippen molar-refractivity contribution in [3.8, 4) is 0 Å². The molecule has 0 aliphatic rings. The smallest absolute Gasteiger partial charge is 0.0414 e. The van der Waals surface area contributed by atoms with E-state index in [1.165, 1.54) is 122 Å². The zero-order chi connectivity index (χ0) is 21.7. The van der Waals surface area contributed by atoms with Gasteiger partial charge in [0.2, 0.25) is 0 Å². The summed E-state index contributed by atoms with van der Waals surface area (Å²) in [6.45, 7) is 14.4. The third kappa shape index (κ3) is 21.0. The molecule has 3 atom stereocenters. The Morgan fingerprint density at radius 3 is 1.45 bits per heavy atom. The maximum atomic E-state index is 2.52. The van der Waals surface area contributed by atoms with Crippen molar-refractivity contribution in [2.24, 2.45) is 23.7 Å². The lowest BCUT2D eigenvalue weighted by Crippen LogP contribution is -2.07. The first kappa shape index (κ1) is 29.0. The van der Waals surface area contributed by atoms with Crippen LogP contribution in [0.15, 0.2) is 0 Å². The van der Waals surface area contributed by atoms with Crippen LogP contribution in [-0.4, -0.2) is 0 Å². The predicted octanol–water partition coefficient (Wildman–Crippen LogP) is 11.0. The molecule has 0 N–H and O–H groups in total. The summed E-state index contributed by atoms with van der Waals surface area (Å²) in [5.74, 6) is 3.74. The van der Waals surface area contributed by atoms with E-state index in [2.05, 4.69) is 41.5 Å². The van der Waals surface area contributed by atoms with Crippen LogP contribution in [0.25, 0.3) is 0 Å². The van der Waals surface area contributed by atoms with Gasteiger partial charge >= 0.3 is 0 Å². The molecule has 3 unspecified atom stereocenters. The van der Waals surface area contributed by atoms with E-state index in [9.17, 15) is 0 Å². The Hall–Kier alpha value is 0. The van der Waals surface area contributed by atoms with E-state index in [-0.39, 0.29) is 0 Å². The molecule has 0 aromatic heterocycles. The summed E-state index contributed by atoms with van der Waals surface area (Å²) in [5, 5.41) is 0. The van der Waals surface area contributed by atoms with Gasteiger partial charge in [0.1, 0.15) is 0 Å². The third-order valence-electron chi connectivity index (χ3n) is 7.15. The van der Waals surface area contributed by atoms with Crippen LogP contribution in [0.4, 0.5) is 0 Å². The van der Waals surface area contributed by atoms with Crippen molar-refractivity contribution in [3.05, 3.63) is 0 Å². The lowest BCUT2D eigenvalue weighted by molar-refractivity contribution is 0.319. The van der Waals surface area contributed by atoms with Gasteiger partial charge in [0.05, 0.1) is 0 Å². The van der Waals surface area contributed by atoms with Crippen molar-refractivity contribution < 1.29 is 0 Å². The lowest BCUT2D eigenvalue weighted by atomic mass is 9.85. The van der Waals surface area contributed by atoms with Gasteiger partial charge < -0.3 is 0 Å². The second-order valence-corrected chi connectivity index (χ2v) is 10.9. The van der Waals surface area contributed by atoms with E-state index < -0.39 is 0 Å². The molecular weight excluding hydrogens is 348 g/mol. The predicted molar refractivity (Wildman–Crippen MR) is 136 cm³/mol. The average molecular weight is 409 g/mol. The average Bonchev–Trinajstić information content (AvgIpc) is 2.68. The highest BCUT2D eigenvalue weighted by molar-refractivity contribution is 4.65. The molecule has 0 heteroatoms. The van der Waals surface area contributed by atoms with Crippen LogP contribution in [0.2, 0.25) is 0 Å². The molecule has 0 nitrogen and oxygen atoms in total. The van der Waals surface area contributed by atoms with E-state index in [1.54, 1.807) is 0 Å². The summed E-state index contributed by atoms with van der Waals surface area (Å²) in [4.78, 5) is 0. The largest absolute Gasteiger partial charge is 0.0654 e. The fourth-order valence-corrected chi connectivity index (χ4v) is 4.93. The van der Waals surface area contributed by atoms with Crippen LogP contribution in [0.3, 0.4) is 0 Å². The maximum Gasteiger partial charge on any atom is -0.0414 e. The molecule has 0 aromatic carbocycles. The molecule has 0 bridgehead atoms. The molecule has 0 saturated carbocycles. The summed E-state index contributed by atoms with van der Waals surface area (Å²) in [7, 11) is 0. The van der Waals surface area contributed by atoms with Crippen LogP contribution in [-0.2, 0) is 0 Å². The van der Waals surface area contributed by atoms with Crippen LogP contribution in [0, 0.1) is 23.7 Å². The zero-order valence-electron chi connectivity index (χ0n) is 21.7. The van der Waals surface area contributed by atoms with Gasteiger partial charge in [-0.3, -0.25) is 0 Å². The van der Waals surface area contributed by atoms with Gasteiger partial charge in [-0.15, -0.1) is 0 Å². The van der Waals surface area contributed by atoms with E-state index in [0.29, 0.717) is 0 Å². The summed E-state index contributed by atoms with van der Waals surface area (Å²) in [5.41, 5.74) is 0. The Kier molecular flexibility index (Phi) is 21.2. The number of rotatable bonds is 22. The molecule has 0 fully saturated rings. The van der Waals surface area contributed by atoms with Gasteiger partial charge in [0.25, 0.3) is 0 Å². The molecule has 0 amide bonds. The highest BCUT2D eigenvalue weighted by atomic mass is 14.2. The molecule has 29 heavy (non-hydrogen) atoms. The first-order chi connectivity index (χ1) is 14.0. The quantitative estimate of drug-likeness (QED) is 0.156. The van der Waals surface area contributed by atoms with Crippen molar-refractivity contribution in [2.75, 3.05) is 0 Å². The molecule has 176 valence electrons. The van der Waals surface area contributed by atoms with Crippen LogP contribution in [0.1, 0.15) is 164 Å². The molecular formula is C29H60. The number of hydrogen-bond donors (Lipinski definition) is 0. The Morgan fingerprint density at radius 1 is 0.448 bits per heavy atom. The first-order valence-electron chi connectivity index (χ1n) is 14.0. The minimum Gasteiger partial charge on any atom is -0.0654 e. The van der Waals surface area contributed by atoms with Gasteiger partial charge in [0, 0.05) is 0 Å². The second kappa shape index (κ2) is 21.2. The molecule has 0 aromatic rings. The summed E-state index contributed by atoms with van der Waals surface area (Å²) >= 11 is 0. The summed E-state index contributed by atoms with van der Waals surface area (Å²) in [6.07, 6.45) is 27.7. The minimum atomic E-state index is 0.878. The van der Waals surface area contributed by atoms with E-state index in [1.807, 2.05) is 0 Å². The molecule has 0 aliphatic heterocycles. The molecule has 0 rings (SSSR count). The van der Waals surface area contributed by atoms with Gasteiger partial charge in [-0.2, -0.15) is 0 Å². The van der Waals surface area contributed by atoms with Crippen LogP contribution >= 0.6 is 0 Å². The van der Waals surface area contributed by atoms with Gasteiger partial charge in [-0.1, -0.05) is 157 Å². The SMILES string of the molecule is CCCCCCCCCCCCC(C)CC(CC)CCCC(C)CCCC(C)C. The monoisotopic (exact) mass is 408 g/mol. The number of unbranched alkanes of at least 4 members (excludes halogenated alkanes) is 9. The lowest BCUT2D eigenvalue weighted by Gasteiger charge is -2.21. The Balaban J connectivity index is 3.60.